The van der Waals surface area contributed by atoms with Crippen molar-refractivity contribution in [2.45, 2.75) is 33.1 Å². The van der Waals surface area contributed by atoms with E-state index in [1.165, 1.54) is 6.42 Å². The van der Waals surface area contributed by atoms with E-state index in [-0.39, 0.29) is 0 Å². The smallest absolute Gasteiger partial charge is 0.303 e. The number of carbonyl (C=O) groups is 1. The Balaban J connectivity index is 2.11. The van der Waals surface area contributed by atoms with E-state index in [4.69, 9.17) is 5.11 Å². The fraction of sp³-hybridized carbons (Fsp3) is 0.889. The van der Waals surface area contributed by atoms with Gasteiger partial charge in [0.2, 0.25) is 0 Å². The summed E-state index contributed by atoms with van der Waals surface area (Å²) in [5, 5.41) is 8.48. The molecule has 0 radical (unpaired) electrons. The molecule has 0 heterocycles. The highest BCUT2D eigenvalue weighted by Gasteiger charge is 2.38. The zero-order valence-corrected chi connectivity index (χ0v) is 7.21. The van der Waals surface area contributed by atoms with Gasteiger partial charge in [0.1, 0.15) is 0 Å². The molecule has 0 aromatic heterocycles. The zero-order chi connectivity index (χ0) is 8.43. The molecular weight excluding hydrogens is 140 g/mol. The number of rotatable bonds is 4. The second-order valence-electron chi connectivity index (χ2n) is 3.98. The molecule has 0 spiro atoms. The number of carboxylic acids is 1. The lowest BCUT2D eigenvalue weighted by molar-refractivity contribution is -0.137. The molecule has 2 heteroatoms. The Morgan fingerprint density at radius 2 is 2.18 bits per heavy atom. The number of aliphatic carboxylic acids is 1. The van der Waals surface area contributed by atoms with Gasteiger partial charge in [-0.25, -0.2) is 0 Å². The summed E-state index contributed by atoms with van der Waals surface area (Å²) in [6, 6.07) is 0. The molecule has 1 N–H and O–H groups in total. The average molecular weight is 156 g/mol. The van der Waals surface area contributed by atoms with Crippen LogP contribution >= 0.6 is 0 Å². The van der Waals surface area contributed by atoms with Crippen LogP contribution in [-0.2, 0) is 4.79 Å². The lowest BCUT2D eigenvalue weighted by Gasteiger charge is -2.01. The van der Waals surface area contributed by atoms with E-state index in [1.807, 2.05) is 0 Å². The second-order valence-corrected chi connectivity index (χ2v) is 3.98. The van der Waals surface area contributed by atoms with Gasteiger partial charge in [-0.2, -0.15) is 0 Å². The lowest BCUT2D eigenvalue weighted by atomic mass is 10.1. The van der Waals surface area contributed by atoms with Gasteiger partial charge >= 0.3 is 5.97 Å². The fourth-order valence-corrected chi connectivity index (χ4v) is 1.68. The van der Waals surface area contributed by atoms with Crippen molar-refractivity contribution in [1.82, 2.24) is 0 Å². The normalized spacial score (nSPS) is 29.0. The maximum absolute atomic E-state index is 10.3. The predicted octanol–water partition coefficient (Wildman–Crippen LogP) is 2.14. The third-order valence-electron chi connectivity index (χ3n) is 2.28. The van der Waals surface area contributed by atoms with Gasteiger partial charge in [-0.3, -0.25) is 4.79 Å². The molecule has 0 saturated heterocycles. The molecule has 1 rings (SSSR count). The molecule has 0 amide bonds. The molecule has 11 heavy (non-hydrogen) atoms. The van der Waals surface area contributed by atoms with Crippen LogP contribution in [0.15, 0.2) is 0 Å². The van der Waals surface area contributed by atoms with E-state index < -0.39 is 5.97 Å². The van der Waals surface area contributed by atoms with E-state index in [0.717, 1.165) is 12.3 Å². The zero-order valence-electron chi connectivity index (χ0n) is 7.21. The van der Waals surface area contributed by atoms with E-state index in [2.05, 4.69) is 13.8 Å². The van der Waals surface area contributed by atoms with Gasteiger partial charge in [-0.05, 0) is 30.6 Å². The molecule has 2 unspecified atom stereocenters. The summed E-state index contributed by atoms with van der Waals surface area (Å²) < 4.78 is 0. The van der Waals surface area contributed by atoms with Crippen LogP contribution in [-0.4, -0.2) is 11.1 Å². The van der Waals surface area contributed by atoms with Crippen LogP contribution in [0.4, 0.5) is 0 Å². The third kappa shape index (κ3) is 2.91. The highest BCUT2D eigenvalue weighted by atomic mass is 16.4. The van der Waals surface area contributed by atoms with Gasteiger partial charge < -0.3 is 5.11 Å². The Morgan fingerprint density at radius 3 is 2.64 bits per heavy atom. The van der Waals surface area contributed by atoms with Crippen LogP contribution in [0, 0.1) is 17.8 Å². The van der Waals surface area contributed by atoms with Gasteiger partial charge in [0.15, 0.2) is 0 Å². The SMILES string of the molecule is CC(C)CC1CC1CC(=O)O. The minimum absolute atomic E-state index is 0.386. The van der Waals surface area contributed by atoms with E-state index in [9.17, 15) is 4.79 Å². The van der Waals surface area contributed by atoms with Crippen molar-refractivity contribution < 1.29 is 9.90 Å². The van der Waals surface area contributed by atoms with Crippen LogP contribution in [0.2, 0.25) is 0 Å². The highest BCUT2D eigenvalue weighted by molar-refractivity contribution is 5.67. The van der Waals surface area contributed by atoms with Gasteiger partial charge in [-0.1, -0.05) is 13.8 Å². The number of hydrogen-bond donors (Lipinski definition) is 1. The van der Waals surface area contributed by atoms with Crippen molar-refractivity contribution in [2.75, 3.05) is 0 Å². The van der Waals surface area contributed by atoms with E-state index in [1.54, 1.807) is 0 Å². The summed E-state index contributed by atoms with van der Waals surface area (Å²) in [6.45, 7) is 4.38. The molecule has 0 aromatic rings. The van der Waals surface area contributed by atoms with Crippen molar-refractivity contribution >= 4 is 5.97 Å². The quantitative estimate of drug-likeness (QED) is 0.677. The maximum atomic E-state index is 10.3. The Hall–Kier alpha value is -0.530. The monoisotopic (exact) mass is 156 g/mol. The Kier molecular flexibility index (Phi) is 2.53. The molecule has 0 aliphatic heterocycles. The molecule has 2 nitrogen and oxygen atoms in total. The molecule has 0 aromatic carbocycles. The predicted molar refractivity (Wildman–Crippen MR) is 43.3 cm³/mol. The summed E-state index contributed by atoms with van der Waals surface area (Å²) in [5.41, 5.74) is 0. The molecular formula is C9H16O2. The van der Waals surface area contributed by atoms with Crippen LogP contribution in [0.3, 0.4) is 0 Å². The highest BCUT2D eigenvalue weighted by Crippen LogP contribution is 2.45. The van der Waals surface area contributed by atoms with Crippen molar-refractivity contribution in [3.8, 4) is 0 Å². The molecule has 0 bridgehead atoms. The number of hydrogen-bond acceptors (Lipinski definition) is 1. The van der Waals surface area contributed by atoms with Gasteiger partial charge in [0.05, 0.1) is 0 Å². The molecule has 1 aliphatic rings. The Bertz CT molecular complexity index is 152. The van der Waals surface area contributed by atoms with Crippen LogP contribution in [0.5, 0.6) is 0 Å². The first kappa shape index (κ1) is 8.57. The molecule has 64 valence electrons. The molecule has 1 fully saturated rings. The maximum Gasteiger partial charge on any atom is 0.303 e. The first-order valence-corrected chi connectivity index (χ1v) is 4.31. The lowest BCUT2D eigenvalue weighted by Crippen LogP contribution is -1.98. The van der Waals surface area contributed by atoms with Gasteiger partial charge in [-0.15, -0.1) is 0 Å². The summed E-state index contributed by atoms with van der Waals surface area (Å²) in [4.78, 5) is 10.3. The topological polar surface area (TPSA) is 37.3 Å². The van der Waals surface area contributed by atoms with E-state index in [0.29, 0.717) is 18.3 Å². The summed E-state index contributed by atoms with van der Waals surface area (Å²) in [5.74, 6) is 1.29. The van der Waals surface area contributed by atoms with Crippen molar-refractivity contribution in [1.29, 1.82) is 0 Å². The summed E-state index contributed by atoms with van der Waals surface area (Å²) in [6.07, 6.45) is 2.74. The molecule has 1 aliphatic carbocycles. The summed E-state index contributed by atoms with van der Waals surface area (Å²) in [7, 11) is 0. The minimum atomic E-state index is -0.638. The molecule has 1 saturated carbocycles. The first-order chi connectivity index (χ1) is 5.09. The largest absolute Gasteiger partial charge is 0.481 e. The van der Waals surface area contributed by atoms with Gasteiger partial charge in [0, 0.05) is 6.42 Å². The van der Waals surface area contributed by atoms with Crippen LogP contribution in [0.25, 0.3) is 0 Å². The minimum Gasteiger partial charge on any atom is -0.481 e. The van der Waals surface area contributed by atoms with Crippen molar-refractivity contribution in [3.63, 3.8) is 0 Å². The first-order valence-electron chi connectivity index (χ1n) is 4.31. The molecule has 2 atom stereocenters. The van der Waals surface area contributed by atoms with Crippen molar-refractivity contribution in [2.24, 2.45) is 17.8 Å². The fourth-order valence-electron chi connectivity index (χ4n) is 1.68. The van der Waals surface area contributed by atoms with Gasteiger partial charge in [0.25, 0.3) is 0 Å². The van der Waals surface area contributed by atoms with Crippen LogP contribution in [0.1, 0.15) is 33.1 Å². The second kappa shape index (κ2) is 3.24. The van der Waals surface area contributed by atoms with E-state index >= 15 is 0 Å². The summed E-state index contributed by atoms with van der Waals surface area (Å²) >= 11 is 0. The third-order valence-corrected chi connectivity index (χ3v) is 2.28. The number of carboxylic acid groups (broad SMARTS) is 1. The standard InChI is InChI=1S/C9H16O2/c1-6(2)3-7-4-8(7)5-9(10)11/h6-8H,3-5H2,1-2H3,(H,10,11). The average Bonchev–Trinajstić information content (AvgIpc) is 2.43. The Labute approximate surface area is 67.6 Å². The van der Waals surface area contributed by atoms with Crippen molar-refractivity contribution in [3.05, 3.63) is 0 Å². The Morgan fingerprint density at radius 1 is 1.55 bits per heavy atom. The van der Waals surface area contributed by atoms with Crippen LogP contribution < -0.4 is 0 Å².